The van der Waals surface area contributed by atoms with Crippen LogP contribution in [0.25, 0.3) is 11.1 Å². The highest BCUT2D eigenvalue weighted by molar-refractivity contribution is 7.90. The van der Waals surface area contributed by atoms with Crippen LogP contribution < -0.4 is 9.47 Å². The predicted molar refractivity (Wildman–Crippen MR) is 122 cm³/mol. The second kappa shape index (κ2) is 11.8. The van der Waals surface area contributed by atoms with E-state index in [4.69, 9.17) is 44.3 Å². The average Bonchev–Trinajstić information content (AvgIpc) is 2.68. The summed E-state index contributed by atoms with van der Waals surface area (Å²) in [5.74, 6) is 1.26. The summed E-state index contributed by atoms with van der Waals surface area (Å²) >= 11 is 18.3. The molecule has 0 aliphatic carbocycles. The fourth-order valence-corrected chi connectivity index (χ4v) is 3.85. The molecule has 0 atom stereocenters. The quantitative estimate of drug-likeness (QED) is 0.291. The number of hydrogen-bond donors (Lipinski definition) is 0. The molecule has 164 valence electrons. The summed E-state index contributed by atoms with van der Waals surface area (Å²) in [6, 6.07) is 10.8. The van der Waals surface area contributed by atoms with Gasteiger partial charge in [-0.1, -0.05) is 35.3 Å². The Bertz CT molecular complexity index is 936. The minimum Gasteiger partial charge on any atom is -0.493 e. The Morgan fingerprint density at radius 2 is 1.57 bits per heavy atom. The number of benzene rings is 2. The number of ketones is 1. The average molecular weight is 494 g/mol. The van der Waals surface area contributed by atoms with Gasteiger partial charge in [-0.3, -0.25) is 4.79 Å². The first kappa shape index (κ1) is 24.8. The fraction of sp³-hybridized carbons (Fsp3) is 0.381. The van der Waals surface area contributed by atoms with Crippen molar-refractivity contribution >= 4 is 50.4 Å². The molecule has 9 heteroatoms. The summed E-state index contributed by atoms with van der Waals surface area (Å²) in [4.78, 5) is 11.7. The lowest BCUT2D eigenvalue weighted by Gasteiger charge is -2.12. The van der Waals surface area contributed by atoms with Gasteiger partial charge in [-0.2, -0.15) is 0 Å². The molecular weight excluding hydrogens is 471 g/mol. The van der Waals surface area contributed by atoms with Crippen molar-refractivity contribution < 1.29 is 22.7 Å². The van der Waals surface area contributed by atoms with Crippen molar-refractivity contribution in [3.63, 3.8) is 0 Å². The first-order chi connectivity index (χ1) is 14.2. The molecule has 0 N–H and O–H groups in total. The summed E-state index contributed by atoms with van der Waals surface area (Å²) in [7, 11) is -3.14. The number of halogens is 3. The second-order valence-electron chi connectivity index (χ2n) is 6.70. The van der Waals surface area contributed by atoms with Crippen molar-refractivity contribution in [1.82, 2.24) is 0 Å². The zero-order chi connectivity index (χ0) is 22.1. The zero-order valence-corrected chi connectivity index (χ0v) is 19.6. The summed E-state index contributed by atoms with van der Waals surface area (Å²) in [5, 5.41) is 0.833. The van der Waals surface area contributed by atoms with E-state index in [2.05, 4.69) is 0 Å². The zero-order valence-electron chi connectivity index (χ0n) is 16.5. The van der Waals surface area contributed by atoms with Gasteiger partial charge < -0.3 is 9.47 Å². The monoisotopic (exact) mass is 492 g/mol. The Balaban J connectivity index is 1.93. The van der Waals surface area contributed by atoms with Gasteiger partial charge in [0.25, 0.3) is 0 Å². The van der Waals surface area contributed by atoms with Gasteiger partial charge in [-0.05, 0) is 41.8 Å². The Labute approximate surface area is 192 Å². The number of carbonyl (C=O) groups is 1. The van der Waals surface area contributed by atoms with Gasteiger partial charge in [0.05, 0.1) is 29.0 Å². The van der Waals surface area contributed by atoms with E-state index < -0.39 is 9.84 Å². The lowest BCUT2D eigenvalue weighted by Crippen LogP contribution is -2.12. The van der Waals surface area contributed by atoms with Crippen molar-refractivity contribution in [3.8, 4) is 22.6 Å². The van der Waals surface area contributed by atoms with Crippen molar-refractivity contribution in [2.45, 2.75) is 19.3 Å². The molecule has 0 aliphatic rings. The minimum atomic E-state index is -3.14. The van der Waals surface area contributed by atoms with Crippen LogP contribution >= 0.6 is 34.8 Å². The Morgan fingerprint density at radius 3 is 2.13 bits per heavy atom. The molecule has 2 rings (SSSR count). The van der Waals surface area contributed by atoms with Crippen molar-refractivity contribution in [1.29, 1.82) is 0 Å². The third-order valence-corrected chi connectivity index (χ3v) is 5.89. The van der Waals surface area contributed by atoms with Crippen LogP contribution in [0.2, 0.25) is 10.0 Å². The van der Waals surface area contributed by atoms with E-state index in [1.54, 1.807) is 24.3 Å². The fourth-order valence-electron chi connectivity index (χ4n) is 2.54. The summed E-state index contributed by atoms with van der Waals surface area (Å²) in [6.45, 7) is 0.624. The molecule has 0 radical (unpaired) electrons. The summed E-state index contributed by atoms with van der Waals surface area (Å²) < 4.78 is 33.3. The molecule has 0 spiro atoms. The topological polar surface area (TPSA) is 69.7 Å². The van der Waals surface area contributed by atoms with Crippen LogP contribution in [0.5, 0.6) is 11.5 Å². The van der Waals surface area contributed by atoms with E-state index in [-0.39, 0.29) is 31.0 Å². The molecular formula is C21H23Cl3O5S. The third-order valence-electron chi connectivity index (χ3n) is 4.11. The molecule has 0 saturated heterocycles. The van der Waals surface area contributed by atoms with Crippen LogP contribution in [0.1, 0.15) is 19.3 Å². The van der Waals surface area contributed by atoms with Crippen molar-refractivity contribution in [2.24, 2.45) is 0 Å². The van der Waals surface area contributed by atoms with Gasteiger partial charge in [0.15, 0.2) is 5.75 Å². The molecule has 0 unspecified atom stereocenters. The maximum atomic E-state index is 11.7. The van der Waals surface area contributed by atoms with Crippen LogP contribution in [0.15, 0.2) is 36.4 Å². The van der Waals surface area contributed by atoms with E-state index in [1.807, 2.05) is 12.1 Å². The number of rotatable bonds is 12. The first-order valence-corrected chi connectivity index (χ1v) is 12.6. The first-order valence-electron chi connectivity index (χ1n) is 9.30. The lowest BCUT2D eigenvalue weighted by molar-refractivity contribution is -0.119. The summed E-state index contributed by atoms with van der Waals surface area (Å²) in [5.41, 5.74) is 1.72. The van der Waals surface area contributed by atoms with Gasteiger partial charge >= 0.3 is 0 Å². The van der Waals surface area contributed by atoms with E-state index in [0.29, 0.717) is 40.5 Å². The van der Waals surface area contributed by atoms with Crippen LogP contribution in [-0.4, -0.2) is 45.3 Å². The minimum absolute atomic E-state index is 0.00817. The molecule has 0 aliphatic heterocycles. The van der Waals surface area contributed by atoms with E-state index in [9.17, 15) is 13.2 Å². The molecule has 0 bridgehead atoms. The molecule has 30 heavy (non-hydrogen) atoms. The van der Waals surface area contributed by atoms with Gasteiger partial charge in [0, 0.05) is 25.0 Å². The van der Waals surface area contributed by atoms with Gasteiger partial charge in [-0.15, -0.1) is 11.6 Å². The van der Waals surface area contributed by atoms with E-state index in [1.165, 1.54) is 0 Å². The molecule has 0 aromatic heterocycles. The molecule has 5 nitrogen and oxygen atoms in total. The van der Waals surface area contributed by atoms with Crippen molar-refractivity contribution in [3.05, 3.63) is 46.4 Å². The van der Waals surface area contributed by atoms with Crippen LogP contribution in [-0.2, 0) is 14.6 Å². The Morgan fingerprint density at radius 1 is 0.933 bits per heavy atom. The maximum Gasteiger partial charge on any atom is 0.156 e. The highest BCUT2D eigenvalue weighted by Crippen LogP contribution is 2.38. The Hall–Kier alpha value is -1.47. The summed E-state index contributed by atoms with van der Waals surface area (Å²) in [6.07, 6.45) is 1.98. The second-order valence-corrected chi connectivity index (χ2v) is 10.2. The predicted octanol–water partition coefficient (Wildman–Crippen LogP) is 5.44. The highest BCUT2D eigenvalue weighted by Gasteiger charge is 2.12. The van der Waals surface area contributed by atoms with Gasteiger partial charge in [0.1, 0.15) is 21.4 Å². The number of alkyl halides is 1. The molecule has 0 saturated carbocycles. The van der Waals surface area contributed by atoms with E-state index >= 15 is 0 Å². The van der Waals surface area contributed by atoms with E-state index in [0.717, 1.165) is 17.4 Å². The maximum absolute atomic E-state index is 11.7. The largest absolute Gasteiger partial charge is 0.493 e. The number of sulfone groups is 1. The molecule has 0 fully saturated rings. The Kier molecular flexibility index (Phi) is 9.75. The highest BCUT2D eigenvalue weighted by atomic mass is 35.5. The SMILES string of the molecule is CS(=O)(=O)CCC(=O)CCOc1ccc(-c2cc(Cl)c(OCCCCl)c(Cl)c2)cc1. The lowest BCUT2D eigenvalue weighted by atomic mass is 10.1. The van der Waals surface area contributed by atoms with Crippen LogP contribution in [0, 0.1) is 0 Å². The molecule has 0 amide bonds. The van der Waals surface area contributed by atoms with Crippen molar-refractivity contribution in [2.75, 3.05) is 31.1 Å². The van der Waals surface area contributed by atoms with Crippen LogP contribution in [0.4, 0.5) is 0 Å². The van der Waals surface area contributed by atoms with Crippen LogP contribution in [0.3, 0.4) is 0 Å². The number of hydrogen-bond acceptors (Lipinski definition) is 5. The molecule has 2 aromatic carbocycles. The van der Waals surface area contributed by atoms with Gasteiger partial charge in [0.2, 0.25) is 0 Å². The number of Topliss-reactive ketones (excluding diaryl/α,β-unsaturated/α-hetero) is 1. The smallest absolute Gasteiger partial charge is 0.156 e. The third kappa shape index (κ3) is 8.34. The normalized spacial score (nSPS) is 11.3. The standard InChI is InChI=1S/C21H23Cl3O5S/c1-30(26,27)12-8-17(25)7-11-28-18-5-3-15(4-6-18)16-13-19(23)21(20(24)14-16)29-10-2-9-22/h3-6,13-14H,2,7-12H2,1H3. The molecule has 2 aromatic rings. The molecule has 0 heterocycles. The number of ether oxygens (including phenoxy) is 2. The number of carbonyl (C=O) groups excluding carboxylic acids is 1. The van der Waals surface area contributed by atoms with Gasteiger partial charge in [-0.25, -0.2) is 8.42 Å².